The Morgan fingerprint density at radius 2 is 1.00 bits per heavy atom. The highest BCUT2D eigenvalue weighted by atomic mass is 14.3. The van der Waals surface area contributed by atoms with Gasteiger partial charge in [-0.25, -0.2) is 0 Å². The van der Waals surface area contributed by atoms with Crippen LogP contribution in [0, 0.1) is 29.6 Å². The van der Waals surface area contributed by atoms with Crippen LogP contribution < -0.4 is 0 Å². The molecule has 0 radical (unpaired) electrons. The van der Waals surface area contributed by atoms with Gasteiger partial charge in [-0.3, -0.25) is 0 Å². The van der Waals surface area contributed by atoms with Crippen LogP contribution in [0.25, 0.3) is 0 Å². The van der Waals surface area contributed by atoms with Gasteiger partial charge < -0.3 is 0 Å². The van der Waals surface area contributed by atoms with E-state index in [-0.39, 0.29) is 0 Å². The molecular weight excluding hydrogens is 420 g/mol. The number of benzene rings is 1. The van der Waals surface area contributed by atoms with Gasteiger partial charge in [-0.1, -0.05) is 134 Å². The van der Waals surface area contributed by atoms with Gasteiger partial charge in [0.1, 0.15) is 0 Å². The fourth-order valence-electron chi connectivity index (χ4n) is 8.00. The zero-order valence-corrected chi connectivity index (χ0v) is 23.6. The Balaban J connectivity index is 1.08. The largest absolute Gasteiger partial charge is 0.0654 e. The first-order valence-corrected chi connectivity index (χ1v) is 16.3. The molecule has 0 amide bonds. The second-order valence-electron chi connectivity index (χ2n) is 13.3. The number of hydrogen-bond acceptors (Lipinski definition) is 0. The van der Waals surface area contributed by atoms with Crippen LogP contribution in [0.5, 0.6) is 0 Å². The van der Waals surface area contributed by atoms with Crippen molar-refractivity contribution < 1.29 is 0 Å². The second kappa shape index (κ2) is 14.8. The van der Waals surface area contributed by atoms with E-state index < -0.39 is 0 Å². The van der Waals surface area contributed by atoms with Crippen LogP contribution in [-0.2, 0) is 6.42 Å². The van der Waals surface area contributed by atoms with E-state index in [0.29, 0.717) is 0 Å². The summed E-state index contributed by atoms with van der Waals surface area (Å²) in [4.78, 5) is 0. The van der Waals surface area contributed by atoms with Crippen LogP contribution in [0.3, 0.4) is 0 Å². The van der Waals surface area contributed by atoms with Crippen molar-refractivity contribution in [1.29, 1.82) is 0 Å². The van der Waals surface area contributed by atoms with Gasteiger partial charge in [0, 0.05) is 0 Å². The van der Waals surface area contributed by atoms with Crippen LogP contribution in [-0.4, -0.2) is 0 Å². The molecule has 0 spiro atoms. The SMILES string of the molecule is CCCCCC1CCC(c2ccc(CCC3CCC(CCC4CCC(CC)CC4)CC3)cc2)CC1. The Morgan fingerprint density at radius 3 is 1.54 bits per heavy atom. The van der Waals surface area contributed by atoms with Gasteiger partial charge in [0.25, 0.3) is 0 Å². The molecule has 1 aromatic rings. The van der Waals surface area contributed by atoms with Crippen LogP contribution in [0.4, 0.5) is 0 Å². The van der Waals surface area contributed by atoms with E-state index in [1.807, 2.05) is 0 Å². The maximum atomic E-state index is 2.49. The van der Waals surface area contributed by atoms with Crippen molar-refractivity contribution in [2.24, 2.45) is 29.6 Å². The summed E-state index contributed by atoms with van der Waals surface area (Å²) in [5.74, 6) is 6.03. The molecule has 35 heavy (non-hydrogen) atoms. The van der Waals surface area contributed by atoms with Gasteiger partial charge in [0.2, 0.25) is 0 Å². The van der Waals surface area contributed by atoms with E-state index in [1.165, 1.54) is 128 Å². The van der Waals surface area contributed by atoms with Gasteiger partial charge in [-0.05, 0) is 85.2 Å². The number of rotatable bonds is 12. The molecule has 3 fully saturated rings. The van der Waals surface area contributed by atoms with Crippen LogP contribution in [0.15, 0.2) is 24.3 Å². The fraction of sp³-hybridized carbons (Fsp3) is 0.829. The lowest BCUT2D eigenvalue weighted by Crippen LogP contribution is -2.18. The van der Waals surface area contributed by atoms with Gasteiger partial charge in [-0.2, -0.15) is 0 Å². The predicted octanol–water partition coefficient (Wildman–Crippen LogP) is 11.3. The lowest BCUT2D eigenvalue weighted by molar-refractivity contribution is 0.212. The summed E-state index contributed by atoms with van der Waals surface area (Å²) in [6.07, 6.45) is 31.0. The van der Waals surface area contributed by atoms with E-state index in [2.05, 4.69) is 38.1 Å². The average Bonchev–Trinajstić information content (AvgIpc) is 2.92. The Kier molecular flexibility index (Phi) is 11.6. The molecule has 0 aliphatic heterocycles. The van der Waals surface area contributed by atoms with E-state index in [0.717, 1.165) is 35.5 Å². The first kappa shape index (κ1) is 27.3. The van der Waals surface area contributed by atoms with E-state index in [4.69, 9.17) is 0 Å². The summed E-state index contributed by atoms with van der Waals surface area (Å²) in [6.45, 7) is 4.71. The number of aryl methyl sites for hydroxylation is 1. The van der Waals surface area contributed by atoms with E-state index in [9.17, 15) is 0 Å². The van der Waals surface area contributed by atoms with Crippen LogP contribution >= 0.6 is 0 Å². The minimum absolute atomic E-state index is 0.837. The van der Waals surface area contributed by atoms with Crippen molar-refractivity contribution in [2.45, 2.75) is 155 Å². The average molecular weight is 479 g/mol. The predicted molar refractivity (Wildman–Crippen MR) is 154 cm³/mol. The summed E-state index contributed by atoms with van der Waals surface area (Å²) in [7, 11) is 0. The number of unbranched alkanes of at least 4 members (excludes halogenated alkanes) is 2. The molecule has 0 N–H and O–H groups in total. The summed E-state index contributed by atoms with van der Waals surface area (Å²) < 4.78 is 0. The minimum atomic E-state index is 0.837. The third-order valence-electron chi connectivity index (χ3n) is 10.8. The topological polar surface area (TPSA) is 0 Å². The third-order valence-corrected chi connectivity index (χ3v) is 10.8. The minimum Gasteiger partial charge on any atom is -0.0654 e. The quantitative estimate of drug-likeness (QED) is 0.262. The maximum Gasteiger partial charge on any atom is -0.0162 e. The highest BCUT2D eigenvalue weighted by Gasteiger charge is 2.25. The van der Waals surface area contributed by atoms with Crippen molar-refractivity contribution in [3.05, 3.63) is 35.4 Å². The summed E-state index contributed by atoms with van der Waals surface area (Å²) in [5.41, 5.74) is 3.22. The lowest BCUT2D eigenvalue weighted by atomic mass is 9.74. The fourth-order valence-corrected chi connectivity index (χ4v) is 8.00. The lowest BCUT2D eigenvalue weighted by Gasteiger charge is -2.32. The van der Waals surface area contributed by atoms with Crippen LogP contribution in [0.1, 0.15) is 159 Å². The number of hydrogen-bond donors (Lipinski definition) is 0. The van der Waals surface area contributed by atoms with Crippen molar-refractivity contribution in [1.82, 2.24) is 0 Å². The molecule has 4 rings (SSSR count). The van der Waals surface area contributed by atoms with Crippen LogP contribution in [0.2, 0.25) is 0 Å². The molecular formula is C35H58. The van der Waals surface area contributed by atoms with Crippen molar-refractivity contribution in [2.75, 3.05) is 0 Å². The monoisotopic (exact) mass is 478 g/mol. The molecule has 0 unspecified atom stereocenters. The van der Waals surface area contributed by atoms with Crippen molar-refractivity contribution >= 4 is 0 Å². The van der Waals surface area contributed by atoms with E-state index >= 15 is 0 Å². The molecule has 0 atom stereocenters. The van der Waals surface area contributed by atoms with Crippen molar-refractivity contribution in [3.8, 4) is 0 Å². The van der Waals surface area contributed by atoms with Gasteiger partial charge in [0.15, 0.2) is 0 Å². The summed E-state index contributed by atoms with van der Waals surface area (Å²) >= 11 is 0. The second-order valence-corrected chi connectivity index (χ2v) is 13.3. The highest BCUT2D eigenvalue weighted by Crippen LogP contribution is 2.39. The first-order valence-electron chi connectivity index (χ1n) is 16.3. The molecule has 198 valence electrons. The molecule has 0 nitrogen and oxygen atoms in total. The molecule has 3 aliphatic rings. The Morgan fingerprint density at radius 1 is 0.514 bits per heavy atom. The Hall–Kier alpha value is -0.780. The molecule has 0 heterocycles. The normalized spacial score (nSPS) is 31.9. The Bertz CT molecular complexity index is 662. The molecule has 0 aromatic heterocycles. The molecule has 0 saturated heterocycles. The van der Waals surface area contributed by atoms with Gasteiger partial charge in [0.05, 0.1) is 0 Å². The standard InChI is InChI=1S/C35H58/c1-3-5-6-7-29-20-24-34(25-21-29)35-26-22-33(23-27-35)19-18-32-16-14-31(15-17-32)13-12-30-10-8-28(4-2)9-11-30/h22-23,26-32,34H,3-21,24-25H2,1-2H3. The van der Waals surface area contributed by atoms with E-state index in [1.54, 1.807) is 17.5 Å². The summed E-state index contributed by atoms with van der Waals surface area (Å²) in [5, 5.41) is 0. The zero-order valence-electron chi connectivity index (χ0n) is 23.6. The molecule has 0 bridgehead atoms. The maximum absolute atomic E-state index is 2.49. The van der Waals surface area contributed by atoms with Crippen molar-refractivity contribution in [3.63, 3.8) is 0 Å². The van der Waals surface area contributed by atoms with Gasteiger partial charge in [-0.15, -0.1) is 0 Å². The summed E-state index contributed by atoms with van der Waals surface area (Å²) in [6, 6.07) is 9.92. The first-order chi connectivity index (χ1) is 17.2. The molecule has 3 saturated carbocycles. The van der Waals surface area contributed by atoms with Gasteiger partial charge >= 0.3 is 0 Å². The zero-order chi connectivity index (χ0) is 24.3. The molecule has 1 aromatic carbocycles. The Labute approximate surface area is 219 Å². The third kappa shape index (κ3) is 8.93. The smallest absolute Gasteiger partial charge is 0.0162 e. The highest BCUT2D eigenvalue weighted by molar-refractivity contribution is 5.26. The molecule has 3 aliphatic carbocycles. The molecule has 0 heteroatoms.